The quantitative estimate of drug-likeness (QED) is 0.863. The molecule has 0 bridgehead atoms. The van der Waals surface area contributed by atoms with E-state index in [1.54, 1.807) is 0 Å². The molecule has 0 saturated heterocycles. The molecule has 0 fully saturated rings. The first-order valence-electron chi connectivity index (χ1n) is 5.66. The van der Waals surface area contributed by atoms with Gasteiger partial charge in [0.05, 0.1) is 11.3 Å². The van der Waals surface area contributed by atoms with Gasteiger partial charge in [-0.05, 0) is 19.1 Å². The number of carbonyl (C=O) groups excluding carboxylic acids is 1. The van der Waals surface area contributed by atoms with Gasteiger partial charge in [-0.15, -0.1) is 0 Å². The molecular formula is C13H11F3N2O2. The maximum Gasteiger partial charge on any atom is 0.416 e. The molecule has 1 aromatic carbocycles. The van der Waals surface area contributed by atoms with Crippen molar-refractivity contribution in [1.29, 1.82) is 0 Å². The highest BCUT2D eigenvalue weighted by Crippen LogP contribution is 2.31. The van der Waals surface area contributed by atoms with E-state index in [2.05, 4.69) is 5.10 Å². The molecule has 0 aliphatic rings. The molecule has 1 N–H and O–H groups in total. The fourth-order valence-corrected chi connectivity index (χ4v) is 1.89. The molecule has 1 heterocycles. The summed E-state index contributed by atoms with van der Waals surface area (Å²) < 4.78 is 39.0. The van der Waals surface area contributed by atoms with Crippen molar-refractivity contribution in [3.63, 3.8) is 0 Å². The minimum atomic E-state index is -4.53. The topological polar surface area (TPSA) is 55.1 Å². The number of aryl methyl sites for hydroxylation is 2. The summed E-state index contributed by atoms with van der Waals surface area (Å²) in [7, 11) is 1.44. The lowest BCUT2D eigenvalue weighted by molar-refractivity contribution is -0.137. The van der Waals surface area contributed by atoms with Crippen molar-refractivity contribution in [2.75, 3.05) is 0 Å². The van der Waals surface area contributed by atoms with Gasteiger partial charge in [0.25, 0.3) is 0 Å². The molecular weight excluding hydrogens is 273 g/mol. The number of hydrogen-bond acceptors (Lipinski definition) is 3. The number of halogens is 3. The summed E-state index contributed by atoms with van der Waals surface area (Å²) in [5.41, 5.74) is -0.894. The van der Waals surface area contributed by atoms with Gasteiger partial charge in [0.15, 0.2) is 5.78 Å². The van der Waals surface area contributed by atoms with E-state index in [0.717, 1.165) is 22.9 Å². The van der Waals surface area contributed by atoms with E-state index in [1.807, 2.05) is 0 Å². The Morgan fingerprint density at radius 1 is 1.35 bits per heavy atom. The number of hydrogen-bond donors (Lipinski definition) is 1. The first kappa shape index (κ1) is 14.1. The van der Waals surface area contributed by atoms with Gasteiger partial charge in [-0.25, -0.2) is 4.68 Å². The van der Waals surface area contributed by atoms with E-state index >= 15 is 0 Å². The summed E-state index contributed by atoms with van der Waals surface area (Å²) >= 11 is 0. The van der Waals surface area contributed by atoms with Crippen molar-refractivity contribution < 1.29 is 23.1 Å². The van der Waals surface area contributed by atoms with Crippen molar-refractivity contribution in [3.05, 3.63) is 46.6 Å². The lowest BCUT2D eigenvalue weighted by atomic mass is 10.0. The molecule has 106 valence electrons. The Bertz CT molecular complexity index is 675. The first-order chi connectivity index (χ1) is 9.21. The highest BCUT2D eigenvalue weighted by Gasteiger charge is 2.31. The van der Waals surface area contributed by atoms with E-state index in [4.69, 9.17) is 0 Å². The maximum atomic E-state index is 12.6. The van der Waals surface area contributed by atoms with Crippen LogP contribution in [0, 0.1) is 6.92 Å². The van der Waals surface area contributed by atoms with Crippen LogP contribution >= 0.6 is 0 Å². The van der Waals surface area contributed by atoms with Crippen molar-refractivity contribution in [2.24, 2.45) is 7.05 Å². The average molecular weight is 284 g/mol. The van der Waals surface area contributed by atoms with Gasteiger partial charge in [-0.1, -0.05) is 12.1 Å². The highest BCUT2D eigenvalue weighted by atomic mass is 19.4. The lowest BCUT2D eigenvalue weighted by Gasteiger charge is -2.08. The van der Waals surface area contributed by atoms with Crippen molar-refractivity contribution in [3.8, 4) is 5.88 Å². The number of alkyl halides is 3. The average Bonchev–Trinajstić information content (AvgIpc) is 2.62. The third-order valence-electron chi connectivity index (χ3n) is 2.87. The SMILES string of the molecule is Cc1nn(C)c(O)c1C(=O)c1cccc(C(F)(F)F)c1. The Labute approximate surface area is 112 Å². The van der Waals surface area contributed by atoms with E-state index in [0.29, 0.717) is 0 Å². The van der Waals surface area contributed by atoms with Crippen LogP contribution < -0.4 is 0 Å². The van der Waals surface area contributed by atoms with Gasteiger partial charge in [0.1, 0.15) is 5.56 Å². The molecule has 7 heteroatoms. The largest absolute Gasteiger partial charge is 0.493 e. The lowest BCUT2D eigenvalue weighted by Crippen LogP contribution is -2.08. The molecule has 0 aliphatic heterocycles. The van der Waals surface area contributed by atoms with Crippen LogP contribution in [0.5, 0.6) is 5.88 Å². The zero-order valence-corrected chi connectivity index (χ0v) is 10.7. The number of ketones is 1. The summed E-state index contributed by atoms with van der Waals surface area (Å²) in [6.07, 6.45) is -4.53. The van der Waals surface area contributed by atoms with Crippen LogP contribution in [0.25, 0.3) is 0 Å². The molecule has 2 aromatic rings. The second-order valence-corrected chi connectivity index (χ2v) is 4.32. The number of nitrogens with zero attached hydrogens (tertiary/aromatic N) is 2. The number of aromatic nitrogens is 2. The van der Waals surface area contributed by atoms with E-state index in [9.17, 15) is 23.1 Å². The second-order valence-electron chi connectivity index (χ2n) is 4.32. The van der Waals surface area contributed by atoms with Gasteiger partial charge < -0.3 is 5.11 Å². The molecule has 4 nitrogen and oxygen atoms in total. The van der Waals surface area contributed by atoms with Crippen LogP contribution in [0.4, 0.5) is 13.2 Å². The zero-order valence-electron chi connectivity index (χ0n) is 10.7. The summed E-state index contributed by atoms with van der Waals surface area (Å²) in [5, 5.41) is 13.6. The van der Waals surface area contributed by atoms with Crippen LogP contribution in [0.15, 0.2) is 24.3 Å². The summed E-state index contributed by atoms with van der Waals surface area (Å²) in [6.45, 7) is 1.50. The van der Waals surface area contributed by atoms with Gasteiger partial charge >= 0.3 is 6.18 Å². The monoisotopic (exact) mass is 284 g/mol. The van der Waals surface area contributed by atoms with Gasteiger partial charge in [0.2, 0.25) is 5.88 Å². The Morgan fingerprint density at radius 2 is 2.00 bits per heavy atom. The van der Waals surface area contributed by atoms with Gasteiger partial charge in [-0.3, -0.25) is 4.79 Å². The van der Waals surface area contributed by atoms with E-state index in [1.165, 1.54) is 20.0 Å². The van der Waals surface area contributed by atoms with E-state index < -0.39 is 17.5 Å². The Kier molecular flexibility index (Phi) is 3.29. The highest BCUT2D eigenvalue weighted by molar-refractivity contribution is 6.11. The first-order valence-corrected chi connectivity index (χ1v) is 5.66. The zero-order chi connectivity index (χ0) is 15.1. The molecule has 20 heavy (non-hydrogen) atoms. The van der Waals surface area contributed by atoms with Crippen molar-refractivity contribution in [1.82, 2.24) is 9.78 Å². The number of aromatic hydroxyl groups is 1. The molecule has 0 unspecified atom stereocenters. The van der Waals surface area contributed by atoms with Gasteiger partial charge in [-0.2, -0.15) is 18.3 Å². The molecule has 0 aliphatic carbocycles. The third kappa shape index (κ3) is 2.38. The normalized spacial score (nSPS) is 11.7. The van der Waals surface area contributed by atoms with Crippen LogP contribution in [-0.2, 0) is 13.2 Å². The fraction of sp³-hybridized carbons (Fsp3) is 0.231. The smallest absolute Gasteiger partial charge is 0.416 e. The Balaban J connectivity index is 2.49. The molecule has 0 saturated carbocycles. The fourth-order valence-electron chi connectivity index (χ4n) is 1.89. The molecule has 0 spiro atoms. The Morgan fingerprint density at radius 3 is 2.50 bits per heavy atom. The second kappa shape index (κ2) is 4.66. The summed E-state index contributed by atoms with van der Waals surface area (Å²) in [4.78, 5) is 12.2. The third-order valence-corrected chi connectivity index (χ3v) is 2.87. The van der Waals surface area contributed by atoms with Crippen LogP contribution in [-0.4, -0.2) is 20.7 Å². The summed E-state index contributed by atoms with van der Waals surface area (Å²) in [6, 6.07) is 4.06. The maximum absolute atomic E-state index is 12.6. The standard InChI is InChI=1S/C13H11F3N2O2/c1-7-10(12(20)18(2)17-7)11(19)8-4-3-5-9(6-8)13(14,15)16/h3-6,20H,1-2H3. The van der Waals surface area contributed by atoms with Crippen molar-refractivity contribution >= 4 is 5.78 Å². The molecule has 0 atom stereocenters. The van der Waals surface area contributed by atoms with Crippen LogP contribution in [0.3, 0.4) is 0 Å². The minimum Gasteiger partial charge on any atom is -0.493 e. The van der Waals surface area contributed by atoms with Crippen LogP contribution in [0.2, 0.25) is 0 Å². The number of carbonyl (C=O) groups is 1. The number of benzene rings is 1. The van der Waals surface area contributed by atoms with E-state index in [-0.39, 0.29) is 22.7 Å². The minimum absolute atomic E-state index is 0.0909. The van der Waals surface area contributed by atoms with Gasteiger partial charge in [0, 0.05) is 12.6 Å². The predicted octanol–water partition coefficient (Wildman–Crippen LogP) is 2.68. The molecule has 0 amide bonds. The summed E-state index contributed by atoms with van der Waals surface area (Å²) in [5.74, 6) is -1.07. The Hall–Kier alpha value is -2.31. The number of rotatable bonds is 2. The molecule has 1 aromatic heterocycles. The predicted molar refractivity (Wildman–Crippen MR) is 64.5 cm³/mol. The molecule has 0 radical (unpaired) electrons. The van der Waals surface area contributed by atoms with Crippen LogP contribution in [0.1, 0.15) is 27.2 Å². The molecule has 2 rings (SSSR count). The van der Waals surface area contributed by atoms with Crippen molar-refractivity contribution in [2.45, 2.75) is 13.1 Å².